The van der Waals surface area contributed by atoms with Crippen LogP contribution in [0.2, 0.25) is 0 Å². The van der Waals surface area contributed by atoms with E-state index >= 15 is 0 Å². The maximum absolute atomic E-state index is 10.6. The summed E-state index contributed by atoms with van der Waals surface area (Å²) in [6.45, 7) is 6.92. The van der Waals surface area contributed by atoms with Gasteiger partial charge < -0.3 is 10.0 Å². The summed E-state index contributed by atoms with van der Waals surface area (Å²) < 4.78 is 1.80. The van der Waals surface area contributed by atoms with E-state index in [2.05, 4.69) is 16.9 Å². The molecule has 0 radical (unpaired) electrons. The van der Waals surface area contributed by atoms with Crippen molar-refractivity contribution in [2.45, 2.75) is 19.9 Å². The van der Waals surface area contributed by atoms with Gasteiger partial charge in [0.25, 0.3) is 0 Å². The van der Waals surface area contributed by atoms with E-state index in [-0.39, 0.29) is 6.42 Å². The lowest BCUT2D eigenvalue weighted by Gasteiger charge is -2.18. The number of allylic oxidation sites excluding steroid dienone is 1. The van der Waals surface area contributed by atoms with Gasteiger partial charge in [-0.3, -0.25) is 4.79 Å². The number of carbonyl (C=O) groups is 1. The largest absolute Gasteiger partial charge is 0.481 e. The highest BCUT2D eigenvalue weighted by Crippen LogP contribution is 2.20. The van der Waals surface area contributed by atoms with E-state index in [0.29, 0.717) is 13.1 Å². The van der Waals surface area contributed by atoms with E-state index in [1.54, 1.807) is 4.68 Å². The van der Waals surface area contributed by atoms with Gasteiger partial charge in [0.2, 0.25) is 0 Å². The highest BCUT2D eigenvalue weighted by Gasteiger charge is 2.08. The Bertz CT molecular complexity index is 648. The van der Waals surface area contributed by atoms with Gasteiger partial charge in [0.1, 0.15) is 5.52 Å². The molecule has 0 saturated carbocycles. The minimum atomic E-state index is -0.801. The molecule has 6 nitrogen and oxygen atoms in total. The number of benzene rings is 1. The highest BCUT2D eigenvalue weighted by atomic mass is 16.4. The van der Waals surface area contributed by atoms with Gasteiger partial charge in [-0.25, -0.2) is 4.68 Å². The van der Waals surface area contributed by atoms with Crippen molar-refractivity contribution in [2.75, 3.05) is 18.5 Å². The number of carboxylic acid groups (broad SMARTS) is 1. The minimum absolute atomic E-state index is 0.108. The Labute approximate surface area is 117 Å². The molecule has 1 N–H and O–H groups in total. The van der Waals surface area contributed by atoms with Gasteiger partial charge in [0.05, 0.1) is 18.5 Å². The van der Waals surface area contributed by atoms with Gasteiger partial charge in [-0.2, -0.15) is 0 Å². The van der Waals surface area contributed by atoms with E-state index in [0.717, 1.165) is 22.3 Å². The SMILES string of the molecule is C=C(C)Cn1nnc2cc(N(C)CCC(=O)O)ccc21. The summed E-state index contributed by atoms with van der Waals surface area (Å²) in [7, 11) is 1.86. The fourth-order valence-electron chi connectivity index (χ4n) is 1.96. The van der Waals surface area contributed by atoms with Crippen LogP contribution in [0.5, 0.6) is 0 Å². The molecular weight excluding hydrogens is 256 g/mol. The molecule has 0 aliphatic carbocycles. The zero-order valence-electron chi connectivity index (χ0n) is 11.7. The van der Waals surface area contributed by atoms with Crippen LogP contribution in [0.4, 0.5) is 5.69 Å². The average molecular weight is 274 g/mol. The van der Waals surface area contributed by atoms with Crippen LogP contribution in [0.1, 0.15) is 13.3 Å². The van der Waals surface area contributed by atoms with Crippen LogP contribution >= 0.6 is 0 Å². The van der Waals surface area contributed by atoms with Crippen molar-refractivity contribution in [3.05, 3.63) is 30.4 Å². The quantitative estimate of drug-likeness (QED) is 0.815. The predicted molar refractivity (Wildman–Crippen MR) is 77.9 cm³/mol. The highest BCUT2D eigenvalue weighted by molar-refractivity contribution is 5.79. The topological polar surface area (TPSA) is 71.2 Å². The Hall–Kier alpha value is -2.37. The van der Waals surface area contributed by atoms with Crippen LogP contribution in [-0.2, 0) is 11.3 Å². The van der Waals surface area contributed by atoms with Crippen LogP contribution in [0.25, 0.3) is 11.0 Å². The third kappa shape index (κ3) is 3.14. The van der Waals surface area contributed by atoms with E-state index in [9.17, 15) is 4.79 Å². The molecule has 2 aromatic rings. The lowest BCUT2D eigenvalue weighted by Crippen LogP contribution is -2.20. The molecule has 0 spiro atoms. The second-order valence-corrected chi connectivity index (χ2v) is 4.94. The molecule has 6 heteroatoms. The number of anilines is 1. The zero-order valence-corrected chi connectivity index (χ0v) is 11.7. The number of nitrogens with zero attached hydrogens (tertiary/aromatic N) is 4. The lowest BCUT2D eigenvalue weighted by molar-refractivity contribution is -0.136. The zero-order chi connectivity index (χ0) is 14.7. The lowest BCUT2D eigenvalue weighted by atomic mass is 10.2. The molecule has 0 aliphatic heterocycles. The summed E-state index contributed by atoms with van der Waals surface area (Å²) in [6.07, 6.45) is 0.108. The van der Waals surface area contributed by atoms with Crippen LogP contribution in [0.15, 0.2) is 30.4 Å². The van der Waals surface area contributed by atoms with Gasteiger partial charge in [-0.15, -0.1) is 5.10 Å². The van der Waals surface area contributed by atoms with Crippen LogP contribution in [0.3, 0.4) is 0 Å². The number of rotatable bonds is 6. The number of aliphatic carboxylic acids is 1. The fraction of sp³-hybridized carbons (Fsp3) is 0.357. The summed E-state index contributed by atoms with van der Waals surface area (Å²) in [5.74, 6) is -0.801. The standard InChI is InChI=1S/C14H18N4O2/c1-10(2)9-18-13-5-4-11(8-12(13)15-16-18)17(3)7-6-14(19)20/h4-5,8H,1,6-7,9H2,2-3H3,(H,19,20). The average Bonchev–Trinajstić information content (AvgIpc) is 2.77. The van der Waals surface area contributed by atoms with Crippen molar-refractivity contribution in [3.63, 3.8) is 0 Å². The van der Waals surface area contributed by atoms with Gasteiger partial charge >= 0.3 is 5.97 Å². The molecule has 0 fully saturated rings. The van der Waals surface area contributed by atoms with Gasteiger partial charge in [-0.05, 0) is 25.1 Å². The second-order valence-electron chi connectivity index (χ2n) is 4.94. The first kappa shape index (κ1) is 14.0. The van der Waals surface area contributed by atoms with Gasteiger partial charge in [0.15, 0.2) is 0 Å². The van der Waals surface area contributed by atoms with Crippen LogP contribution in [-0.4, -0.2) is 39.7 Å². The number of hydrogen-bond acceptors (Lipinski definition) is 4. The van der Waals surface area contributed by atoms with Crippen molar-refractivity contribution in [1.29, 1.82) is 0 Å². The maximum Gasteiger partial charge on any atom is 0.305 e. The van der Waals surface area contributed by atoms with E-state index in [1.807, 2.05) is 37.1 Å². The maximum atomic E-state index is 10.6. The van der Waals surface area contributed by atoms with Gasteiger partial charge in [0, 0.05) is 19.3 Å². The first-order valence-corrected chi connectivity index (χ1v) is 6.38. The summed E-state index contributed by atoms with van der Waals surface area (Å²) >= 11 is 0. The second kappa shape index (κ2) is 5.73. The van der Waals surface area contributed by atoms with E-state index in [1.165, 1.54) is 0 Å². The fourth-order valence-corrected chi connectivity index (χ4v) is 1.96. The Morgan fingerprint density at radius 2 is 2.25 bits per heavy atom. The molecule has 1 heterocycles. The Balaban J connectivity index is 2.21. The molecule has 0 bridgehead atoms. The minimum Gasteiger partial charge on any atom is -0.481 e. The molecule has 0 atom stereocenters. The third-order valence-electron chi connectivity index (χ3n) is 3.02. The molecule has 0 amide bonds. The molecule has 106 valence electrons. The first-order chi connectivity index (χ1) is 9.47. The number of hydrogen-bond donors (Lipinski definition) is 1. The molecular formula is C14H18N4O2. The summed E-state index contributed by atoms with van der Waals surface area (Å²) in [4.78, 5) is 12.5. The molecule has 2 rings (SSSR count). The Morgan fingerprint density at radius 3 is 2.90 bits per heavy atom. The molecule has 1 aromatic heterocycles. The van der Waals surface area contributed by atoms with E-state index in [4.69, 9.17) is 5.11 Å². The van der Waals surface area contributed by atoms with Crippen molar-refractivity contribution in [2.24, 2.45) is 0 Å². The molecule has 0 aliphatic rings. The monoisotopic (exact) mass is 274 g/mol. The number of carboxylic acids is 1. The summed E-state index contributed by atoms with van der Waals surface area (Å²) in [5.41, 5.74) is 3.69. The van der Waals surface area contributed by atoms with E-state index < -0.39 is 5.97 Å². The molecule has 20 heavy (non-hydrogen) atoms. The van der Waals surface area contributed by atoms with Crippen molar-refractivity contribution in [3.8, 4) is 0 Å². The summed E-state index contributed by atoms with van der Waals surface area (Å²) in [6, 6.07) is 5.81. The number of fused-ring (bicyclic) bond motifs is 1. The van der Waals surface area contributed by atoms with Crippen molar-refractivity contribution >= 4 is 22.7 Å². The van der Waals surface area contributed by atoms with Crippen LogP contribution < -0.4 is 4.90 Å². The van der Waals surface area contributed by atoms with Crippen LogP contribution in [0, 0.1) is 0 Å². The third-order valence-corrected chi connectivity index (χ3v) is 3.02. The smallest absolute Gasteiger partial charge is 0.305 e. The number of aromatic nitrogens is 3. The van der Waals surface area contributed by atoms with Gasteiger partial charge in [-0.1, -0.05) is 17.4 Å². The molecule has 1 aromatic carbocycles. The van der Waals surface area contributed by atoms with Crippen molar-refractivity contribution < 1.29 is 9.90 Å². The summed E-state index contributed by atoms with van der Waals surface area (Å²) in [5, 5.41) is 16.9. The van der Waals surface area contributed by atoms with Crippen molar-refractivity contribution in [1.82, 2.24) is 15.0 Å². The Morgan fingerprint density at radius 1 is 1.50 bits per heavy atom. The first-order valence-electron chi connectivity index (χ1n) is 6.38. The molecule has 0 saturated heterocycles. The normalized spacial score (nSPS) is 10.7. The predicted octanol–water partition coefficient (Wildman–Crippen LogP) is 1.92. The molecule has 0 unspecified atom stereocenters. The Kier molecular flexibility index (Phi) is 4.02.